The first-order valence-corrected chi connectivity index (χ1v) is 5.84. The molecule has 0 bridgehead atoms. The molecule has 0 fully saturated rings. The second-order valence-corrected chi connectivity index (χ2v) is 4.34. The Labute approximate surface area is 95.4 Å². The smallest absolute Gasteiger partial charge is 0.0510 e. The standard InChI is InChI=1S/C14H16N2/c1-2-5-13-14-11(8-9-15-13)10-6-3-4-7-12(10)16-14/h2-4,6-7,13,15-16H,1,5,8-9H2. The average molecular weight is 212 g/mol. The first-order chi connectivity index (χ1) is 7.90. The maximum atomic E-state index is 3.83. The molecule has 1 aromatic heterocycles. The monoisotopic (exact) mass is 212 g/mol. The van der Waals surface area contributed by atoms with Crippen molar-refractivity contribution in [1.82, 2.24) is 10.3 Å². The third kappa shape index (κ3) is 1.38. The Balaban J connectivity index is 2.17. The molecule has 2 heteroatoms. The van der Waals surface area contributed by atoms with Gasteiger partial charge in [-0.15, -0.1) is 6.58 Å². The second kappa shape index (κ2) is 3.80. The van der Waals surface area contributed by atoms with Gasteiger partial charge in [0.1, 0.15) is 0 Å². The molecule has 1 atom stereocenters. The fourth-order valence-electron chi connectivity index (χ4n) is 2.63. The molecule has 1 aliphatic rings. The summed E-state index contributed by atoms with van der Waals surface area (Å²) in [7, 11) is 0. The molecule has 82 valence electrons. The summed E-state index contributed by atoms with van der Waals surface area (Å²) in [6, 6.07) is 8.97. The van der Waals surface area contributed by atoms with E-state index in [0.717, 1.165) is 19.4 Å². The molecule has 0 radical (unpaired) electrons. The molecule has 0 saturated heterocycles. The van der Waals surface area contributed by atoms with Crippen LogP contribution in [0, 0.1) is 0 Å². The van der Waals surface area contributed by atoms with Crippen LogP contribution in [0.1, 0.15) is 23.7 Å². The van der Waals surface area contributed by atoms with Crippen LogP contribution in [0.25, 0.3) is 10.9 Å². The van der Waals surface area contributed by atoms with Crippen LogP contribution in [0.15, 0.2) is 36.9 Å². The van der Waals surface area contributed by atoms with Crippen molar-refractivity contribution in [3.05, 3.63) is 48.2 Å². The summed E-state index contributed by atoms with van der Waals surface area (Å²) in [5.74, 6) is 0. The van der Waals surface area contributed by atoms with Crippen molar-refractivity contribution < 1.29 is 0 Å². The first-order valence-electron chi connectivity index (χ1n) is 5.84. The molecule has 0 saturated carbocycles. The van der Waals surface area contributed by atoms with Gasteiger partial charge in [0.05, 0.1) is 6.04 Å². The second-order valence-electron chi connectivity index (χ2n) is 4.34. The first kappa shape index (κ1) is 9.67. The summed E-state index contributed by atoms with van der Waals surface area (Å²) < 4.78 is 0. The Morgan fingerprint density at radius 1 is 1.38 bits per heavy atom. The molecule has 0 amide bonds. The summed E-state index contributed by atoms with van der Waals surface area (Å²) in [6.07, 6.45) is 4.09. The van der Waals surface area contributed by atoms with Gasteiger partial charge in [-0.2, -0.15) is 0 Å². The van der Waals surface area contributed by atoms with Crippen molar-refractivity contribution in [2.75, 3.05) is 6.54 Å². The van der Waals surface area contributed by atoms with E-state index in [4.69, 9.17) is 0 Å². The SMILES string of the molecule is C=CCC1NCCc2c1[nH]c1ccccc21. The zero-order valence-corrected chi connectivity index (χ0v) is 9.29. The van der Waals surface area contributed by atoms with E-state index >= 15 is 0 Å². The number of aromatic nitrogens is 1. The average Bonchev–Trinajstić information content (AvgIpc) is 2.69. The molecule has 1 aliphatic heterocycles. The van der Waals surface area contributed by atoms with Crippen LogP contribution in [0.4, 0.5) is 0 Å². The van der Waals surface area contributed by atoms with Crippen molar-refractivity contribution in [3.8, 4) is 0 Å². The van der Waals surface area contributed by atoms with Crippen molar-refractivity contribution >= 4 is 10.9 Å². The summed E-state index contributed by atoms with van der Waals surface area (Å²) in [4.78, 5) is 3.54. The summed E-state index contributed by atoms with van der Waals surface area (Å²) in [5.41, 5.74) is 4.10. The van der Waals surface area contributed by atoms with Gasteiger partial charge >= 0.3 is 0 Å². The van der Waals surface area contributed by atoms with E-state index in [1.165, 1.54) is 22.2 Å². The minimum atomic E-state index is 0.411. The van der Waals surface area contributed by atoms with Gasteiger partial charge in [-0.1, -0.05) is 24.3 Å². The molecular weight excluding hydrogens is 196 g/mol. The lowest BCUT2D eigenvalue weighted by Crippen LogP contribution is -2.29. The molecule has 2 aromatic rings. The van der Waals surface area contributed by atoms with Crippen molar-refractivity contribution in [1.29, 1.82) is 0 Å². The van der Waals surface area contributed by atoms with Gasteiger partial charge < -0.3 is 10.3 Å². The number of benzene rings is 1. The van der Waals surface area contributed by atoms with Crippen molar-refractivity contribution in [3.63, 3.8) is 0 Å². The number of fused-ring (bicyclic) bond motifs is 3. The molecule has 2 heterocycles. The highest BCUT2D eigenvalue weighted by Crippen LogP contribution is 2.31. The van der Waals surface area contributed by atoms with Crippen LogP contribution in [0.3, 0.4) is 0 Å². The normalized spacial score (nSPS) is 19.6. The van der Waals surface area contributed by atoms with E-state index in [0.29, 0.717) is 6.04 Å². The van der Waals surface area contributed by atoms with Crippen LogP contribution < -0.4 is 5.32 Å². The Morgan fingerprint density at radius 3 is 3.12 bits per heavy atom. The zero-order valence-electron chi connectivity index (χ0n) is 9.29. The predicted octanol–water partition coefficient (Wildman–Crippen LogP) is 2.93. The minimum absolute atomic E-state index is 0.411. The third-order valence-corrected chi connectivity index (χ3v) is 3.36. The Morgan fingerprint density at radius 2 is 2.25 bits per heavy atom. The Hall–Kier alpha value is -1.54. The molecule has 0 spiro atoms. The molecule has 3 rings (SSSR count). The highest BCUT2D eigenvalue weighted by molar-refractivity contribution is 5.85. The van der Waals surface area contributed by atoms with Gasteiger partial charge in [0, 0.05) is 16.6 Å². The molecule has 1 aromatic carbocycles. The van der Waals surface area contributed by atoms with Crippen LogP contribution >= 0.6 is 0 Å². The van der Waals surface area contributed by atoms with Crippen molar-refractivity contribution in [2.45, 2.75) is 18.9 Å². The van der Waals surface area contributed by atoms with Crippen LogP contribution in [0.2, 0.25) is 0 Å². The van der Waals surface area contributed by atoms with Gasteiger partial charge in [0.2, 0.25) is 0 Å². The number of rotatable bonds is 2. The van der Waals surface area contributed by atoms with E-state index in [1.54, 1.807) is 0 Å². The third-order valence-electron chi connectivity index (χ3n) is 3.36. The Kier molecular flexibility index (Phi) is 2.29. The Bertz CT molecular complexity index is 525. The molecule has 0 aliphatic carbocycles. The number of hydrogen-bond acceptors (Lipinski definition) is 1. The van der Waals surface area contributed by atoms with Crippen LogP contribution in [-0.4, -0.2) is 11.5 Å². The zero-order chi connectivity index (χ0) is 11.0. The summed E-state index contributed by atoms with van der Waals surface area (Å²) in [6.45, 7) is 4.89. The maximum absolute atomic E-state index is 3.83. The molecule has 1 unspecified atom stereocenters. The maximum Gasteiger partial charge on any atom is 0.0510 e. The van der Waals surface area contributed by atoms with Gasteiger partial charge in [-0.05, 0) is 31.0 Å². The minimum Gasteiger partial charge on any atom is -0.357 e. The number of H-pyrrole nitrogens is 1. The molecule has 2 N–H and O–H groups in total. The molecule has 2 nitrogen and oxygen atoms in total. The van der Waals surface area contributed by atoms with Crippen LogP contribution in [-0.2, 0) is 6.42 Å². The van der Waals surface area contributed by atoms with E-state index < -0.39 is 0 Å². The van der Waals surface area contributed by atoms with Crippen molar-refractivity contribution in [2.24, 2.45) is 0 Å². The van der Waals surface area contributed by atoms with E-state index in [1.807, 2.05) is 6.08 Å². The lowest BCUT2D eigenvalue weighted by atomic mass is 9.97. The van der Waals surface area contributed by atoms with E-state index in [9.17, 15) is 0 Å². The highest BCUT2D eigenvalue weighted by atomic mass is 15.0. The number of para-hydroxylation sites is 1. The van der Waals surface area contributed by atoms with E-state index in [-0.39, 0.29) is 0 Å². The fraction of sp³-hybridized carbons (Fsp3) is 0.286. The lowest BCUT2D eigenvalue weighted by Gasteiger charge is -2.23. The number of aromatic amines is 1. The number of hydrogen-bond donors (Lipinski definition) is 2. The fourth-order valence-corrected chi connectivity index (χ4v) is 2.63. The van der Waals surface area contributed by atoms with Crippen LogP contribution in [0.5, 0.6) is 0 Å². The summed E-state index contributed by atoms with van der Waals surface area (Å²) >= 11 is 0. The summed E-state index contributed by atoms with van der Waals surface area (Å²) in [5, 5.41) is 4.92. The molecular formula is C14H16N2. The van der Waals surface area contributed by atoms with Gasteiger partial charge in [0.15, 0.2) is 0 Å². The topological polar surface area (TPSA) is 27.8 Å². The lowest BCUT2D eigenvalue weighted by molar-refractivity contribution is 0.502. The predicted molar refractivity (Wildman–Crippen MR) is 67.6 cm³/mol. The quantitative estimate of drug-likeness (QED) is 0.736. The highest BCUT2D eigenvalue weighted by Gasteiger charge is 2.22. The number of nitrogens with one attached hydrogen (secondary N) is 2. The van der Waals surface area contributed by atoms with Gasteiger partial charge in [0.25, 0.3) is 0 Å². The van der Waals surface area contributed by atoms with E-state index in [2.05, 4.69) is 41.1 Å². The van der Waals surface area contributed by atoms with Gasteiger partial charge in [-0.3, -0.25) is 0 Å². The molecule has 16 heavy (non-hydrogen) atoms. The van der Waals surface area contributed by atoms with Gasteiger partial charge in [-0.25, -0.2) is 0 Å². The largest absolute Gasteiger partial charge is 0.357 e.